The van der Waals surface area contributed by atoms with Crippen molar-refractivity contribution >= 4 is 0 Å². The van der Waals surface area contributed by atoms with Gasteiger partial charge in [0.15, 0.2) is 0 Å². The van der Waals surface area contributed by atoms with Gasteiger partial charge in [-0.3, -0.25) is 0 Å². The van der Waals surface area contributed by atoms with Gasteiger partial charge in [0, 0.05) is 5.54 Å². The van der Waals surface area contributed by atoms with Gasteiger partial charge in [0.05, 0.1) is 0 Å². The van der Waals surface area contributed by atoms with Crippen molar-refractivity contribution in [2.75, 3.05) is 13.1 Å². The lowest BCUT2D eigenvalue weighted by Gasteiger charge is -2.16. The Balaban J connectivity index is 1.99. The van der Waals surface area contributed by atoms with Crippen molar-refractivity contribution in [2.45, 2.75) is 64.3 Å². The fraction of sp³-hybridized carbons (Fsp3) is 1.00. The van der Waals surface area contributed by atoms with Crippen LogP contribution in [-0.2, 0) is 0 Å². The monoisotopic (exact) mass is 212 g/mol. The van der Waals surface area contributed by atoms with Crippen molar-refractivity contribution < 1.29 is 0 Å². The second kappa shape index (κ2) is 6.49. The van der Waals surface area contributed by atoms with E-state index in [1.807, 2.05) is 0 Å². The molecule has 0 radical (unpaired) electrons. The number of nitrogens with two attached hydrogens (primary N) is 1. The van der Waals surface area contributed by atoms with E-state index in [0.717, 1.165) is 12.5 Å². The molecule has 2 nitrogen and oxygen atoms in total. The Hall–Kier alpha value is -0.0800. The van der Waals surface area contributed by atoms with E-state index in [-0.39, 0.29) is 0 Å². The number of hydrogen-bond acceptors (Lipinski definition) is 2. The second-order valence-corrected chi connectivity index (χ2v) is 5.36. The van der Waals surface area contributed by atoms with Gasteiger partial charge in [-0.2, -0.15) is 0 Å². The second-order valence-electron chi connectivity index (χ2n) is 5.36. The molecule has 0 spiro atoms. The zero-order valence-electron chi connectivity index (χ0n) is 10.5. The van der Waals surface area contributed by atoms with Gasteiger partial charge >= 0.3 is 0 Å². The van der Waals surface area contributed by atoms with Crippen LogP contribution >= 0.6 is 0 Å². The maximum Gasteiger partial charge on any atom is 0.0154 e. The maximum atomic E-state index is 5.63. The van der Waals surface area contributed by atoms with Crippen molar-refractivity contribution in [3.63, 3.8) is 0 Å². The smallest absolute Gasteiger partial charge is 0.0154 e. The van der Waals surface area contributed by atoms with Crippen molar-refractivity contribution in [1.82, 2.24) is 5.32 Å². The summed E-state index contributed by atoms with van der Waals surface area (Å²) >= 11 is 0. The summed E-state index contributed by atoms with van der Waals surface area (Å²) in [6.07, 6.45) is 9.28. The third-order valence-corrected chi connectivity index (χ3v) is 3.61. The molecule has 0 aromatic rings. The van der Waals surface area contributed by atoms with Crippen LogP contribution in [0.5, 0.6) is 0 Å². The van der Waals surface area contributed by atoms with Crippen LogP contribution in [0.3, 0.4) is 0 Å². The lowest BCUT2D eigenvalue weighted by Crippen LogP contribution is -2.28. The predicted octanol–water partition coefficient (Wildman–Crippen LogP) is 2.67. The lowest BCUT2D eigenvalue weighted by molar-refractivity contribution is 0.395. The largest absolute Gasteiger partial charge is 0.330 e. The molecule has 1 aliphatic carbocycles. The SMILES string of the molecule is CCCC(CCN)CCCNC1(C)CC1. The lowest BCUT2D eigenvalue weighted by atomic mass is 9.94. The molecule has 1 atom stereocenters. The molecule has 0 aromatic carbocycles. The molecule has 0 amide bonds. The zero-order chi connectivity index (χ0) is 11.1. The highest BCUT2D eigenvalue weighted by Crippen LogP contribution is 2.34. The first-order valence-electron chi connectivity index (χ1n) is 6.65. The van der Waals surface area contributed by atoms with Crippen molar-refractivity contribution in [3.8, 4) is 0 Å². The molecule has 0 saturated heterocycles. The van der Waals surface area contributed by atoms with Gasteiger partial charge in [-0.1, -0.05) is 19.8 Å². The summed E-state index contributed by atoms with van der Waals surface area (Å²) in [5.74, 6) is 0.869. The van der Waals surface area contributed by atoms with E-state index < -0.39 is 0 Å². The predicted molar refractivity (Wildman–Crippen MR) is 66.9 cm³/mol. The number of nitrogens with one attached hydrogen (secondary N) is 1. The molecule has 0 aliphatic heterocycles. The van der Waals surface area contributed by atoms with E-state index in [9.17, 15) is 0 Å². The molecule has 0 aromatic heterocycles. The van der Waals surface area contributed by atoms with Crippen LogP contribution in [0.1, 0.15) is 58.8 Å². The molecule has 3 N–H and O–H groups in total. The van der Waals surface area contributed by atoms with Gasteiger partial charge in [0.2, 0.25) is 0 Å². The molecular formula is C13H28N2. The first-order chi connectivity index (χ1) is 7.20. The van der Waals surface area contributed by atoms with Crippen LogP contribution in [0.4, 0.5) is 0 Å². The summed E-state index contributed by atoms with van der Waals surface area (Å²) in [7, 11) is 0. The molecule has 1 saturated carbocycles. The molecule has 90 valence electrons. The molecule has 15 heavy (non-hydrogen) atoms. The van der Waals surface area contributed by atoms with E-state index in [4.69, 9.17) is 5.73 Å². The highest BCUT2D eigenvalue weighted by molar-refractivity contribution is 4.97. The third kappa shape index (κ3) is 5.53. The van der Waals surface area contributed by atoms with Crippen molar-refractivity contribution in [2.24, 2.45) is 11.7 Å². The molecule has 1 aliphatic rings. The van der Waals surface area contributed by atoms with Gasteiger partial charge in [0.1, 0.15) is 0 Å². The van der Waals surface area contributed by atoms with Crippen LogP contribution in [0.25, 0.3) is 0 Å². The highest BCUT2D eigenvalue weighted by atomic mass is 15.0. The topological polar surface area (TPSA) is 38.0 Å². The van der Waals surface area contributed by atoms with Gasteiger partial charge in [-0.25, -0.2) is 0 Å². The minimum Gasteiger partial charge on any atom is -0.330 e. The summed E-state index contributed by atoms with van der Waals surface area (Å²) in [4.78, 5) is 0. The van der Waals surface area contributed by atoms with Gasteiger partial charge in [-0.15, -0.1) is 0 Å². The zero-order valence-corrected chi connectivity index (χ0v) is 10.5. The summed E-state index contributed by atoms with van der Waals surface area (Å²) in [6, 6.07) is 0. The average molecular weight is 212 g/mol. The fourth-order valence-electron chi connectivity index (χ4n) is 2.22. The molecule has 1 rings (SSSR count). The minimum absolute atomic E-state index is 0.508. The maximum absolute atomic E-state index is 5.63. The molecule has 0 heterocycles. The van der Waals surface area contributed by atoms with Crippen LogP contribution in [0.15, 0.2) is 0 Å². The molecule has 1 unspecified atom stereocenters. The highest BCUT2D eigenvalue weighted by Gasteiger charge is 2.35. The van der Waals surface area contributed by atoms with Gasteiger partial charge in [-0.05, 0) is 58.0 Å². The van der Waals surface area contributed by atoms with E-state index in [1.54, 1.807) is 0 Å². The fourth-order valence-corrected chi connectivity index (χ4v) is 2.22. The molecule has 2 heteroatoms. The first-order valence-corrected chi connectivity index (χ1v) is 6.65. The number of rotatable bonds is 9. The summed E-state index contributed by atoms with van der Waals surface area (Å²) in [6.45, 7) is 6.65. The quantitative estimate of drug-likeness (QED) is 0.577. The van der Waals surface area contributed by atoms with Crippen LogP contribution in [0.2, 0.25) is 0 Å². The van der Waals surface area contributed by atoms with Crippen molar-refractivity contribution in [1.29, 1.82) is 0 Å². The Morgan fingerprint density at radius 1 is 1.27 bits per heavy atom. The standard InChI is InChI=1S/C13H28N2/c1-3-5-12(7-10-14)6-4-11-15-13(2)8-9-13/h12,15H,3-11,14H2,1-2H3. The van der Waals surface area contributed by atoms with Gasteiger partial charge < -0.3 is 11.1 Å². The molecule has 0 bridgehead atoms. The van der Waals surface area contributed by atoms with E-state index in [2.05, 4.69) is 19.2 Å². The summed E-state index contributed by atoms with van der Waals surface area (Å²) in [5, 5.41) is 3.64. The Morgan fingerprint density at radius 2 is 2.00 bits per heavy atom. The van der Waals surface area contributed by atoms with Crippen LogP contribution in [0, 0.1) is 5.92 Å². The molecule has 1 fully saturated rings. The van der Waals surface area contributed by atoms with Crippen LogP contribution < -0.4 is 11.1 Å². The van der Waals surface area contributed by atoms with E-state index in [0.29, 0.717) is 5.54 Å². The molecular weight excluding hydrogens is 184 g/mol. The Kier molecular flexibility index (Phi) is 5.62. The average Bonchev–Trinajstić information content (AvgIpc) is 2.92. The van der Waals surface area contributed by atoms with E-state index in [1.165, 1.54) is 51.5 Å². The first kappa shape index (κ1) is 13.0. The van der Waals surface area contributed by atoms with Crippen LogP contribution in [-0.4, -0.2) is 18.6 Å². The summed E-state index contributed by atoms with van der Waals surface area (Å²) < 4.78 is 0. The van der Waals surface area contributed by atoms with Gasteiger partial charge in [0.25, 0.3) is 0 Å². The minimum atomic E-state index is 0.508. The number of hydrogen-bond donors (Lipinski definition) is 2. The Morgan fingerprint density at radius 3 is 2.53 bits per heavy atom. The summed E-state index contributed by atoms with van der Waals surface area (Å²) in [5.41, 5.74) is 6.14. The van der Waals surface area contributed by atoms with E-state index >= 15 is 0 Å². The normalized spacial score (nSPS) is 20.2. The Bertz CT molecular complexity index is 158. The Labute approximate surface area is 95.0 Å². The third-order valence-electron chi connectivity index (χ3n) is 3.61. The van der Waals surface area contributed by atoms with Crippen molar-refractivity contribution in [3.05, 3.63) is 0 Å².